The lowest BCUT2D eigenvalue weighted by Gasteiger charge is -2.16. The number of hydrogen-bond donors (Lipinski definition) is 0. The largest absolute Gasteiger partial charge is 0.209 e. The van der Waals surface area contributed by atoms with E-state index in [1.54, 1.807) is 0 Å². The van der Waals surface area contributed by atoms with Crippen LogP contribution in [0, 0.1) is 0 Å². The number of rotatable bonds is 9. The Kier molecular flexibility index (Phi) is 10.5. The fraction of sp³-hybridized carbons (Fsp3) is 0.151. The van der Waals surface area contributed by atoms with Crippen LogP contribution in [0.4, 0.5) is 0 Å². The minimum Gasteiger partial charge on any atom is -0.209 e. The van der Waals surface area contributed by atoms with Crippen LogP contribution in [0.5, 0.6) is 0 Å². The van der Waals surface area contributed by atoms with Gasteiger partial charge in [-0.25, -0.2) is 15.0 Å². The van der Waals surface area contributed by atoms with E-state index >= 15 is 0 Å². The van der Waals surface area contributed by atoms with Crippen LogP contribution in [0.25, 0.3) is 70.6 Å². The predicted octanol–water partition coefficient (Wildman–Crippen LogP) is 14.8. The fourth-order valence-electron chi connectivity index (χ4n) is 7.97. The molecule has 0 bridgehead atoms. The van der Waals surface area contributed by atoms with Crippen LogP contribution in [0.15, 0.2) is 164 Å². The Labute approximate surface area is 340 Å². The van der Waals surface area contributed by atoms with Crippen molar-refractivity contribution in [2.24, 2.45) is 0 Å². The molecule has 0 atom stereocenters. The SMILES string of the molecule is C/C=C(\C=C/CC)c1ccc(C2=CCCC(c3cccc(-c4ccc5sc6cccc(-c7nc(C8=CCCC=C8)nc(C8=CC=CC=CC8)n7)c6c5c4)c3)=C2)cc1. The van der Waals surface area contributed by atoms with Gasteiger partial charge in [0.2, 0.25) is 0 Å². The summed E-state index contributed by atoms with van der Waals surface area (Å²) < 4.78 is 2.48. The summed E-state index contributed by atoms with van der Waals surface area (Å²) in [6.45, 7) is 4.28. The van der Waals surface area contributed by atoms with Crippen LogP contribution in [-0.4, -0.2) is 15.0 Å². The van der Waals surface area contributed by atoms with Gasteiger partial charge in [0.15, 0.2) is 17.5 Å². The summed E-state index contributed by atoms with van der Waals surface area (Å²) in [5.41, 5.74) is 13.3. The number of thiophene rings is 1. The average Bonchev–Trinajstić information content (AvgIpc) is 3.43. The Morgan fingerprint density at radius 2 is 1.49 bits per heavy atom. The zero-order valence-corrected chi connectivity index (χ0v) is 33.4. The van der Waals surface area contributed by atoms with Gasteiger partial charge in [0, 0.05) is 36.9 Å². The molecule has 0 amide bonds. The van der Waals surface area contributed by atoms with Crippen molar-refractivity contribution in [1.82, 2.24) is 15.0 Å². The lowest BCUT2D eigenvalue weighted by molar-refractivity contribution is 0.979. The van der Waals surface area contributed by atoms with E-state index in [9.17, 15) is 0 Å². The number of fused-ring (bicyclic) bond motifs is 3. The van der Waals surface area contributed by atoms with E-state index in [0.29, 0.717) is 5.82 Å². The van der Waals surface area contributed by atoms with Crippen molar-refractivity contribution in [1.29, 1.82) is 0 Å². The van der Waals surface area contributed by atoms with Gasteiger partial charge in [-0.3, -0.25) is 0 Å². The van der Waals surface area contributed by atoms with E-state index in [2.05, 4.69) is 178 Å². The van der Waals surface area contributed by atoms with E-state index < -0.39 is 0 Å². The zero-order valence-electron chi connectivity index (χ0n) is 32.6. The van der Waals surface area contributed by atoms with Crippen LogP contribution < -0.4 is 0 Å². The molecule has 0 fully saturated rings. The molecule has 4 heteroatoms. The summed E-state index contributed by atoms with van der Waals surface area (Å²) in [6.07, 6.45) is 34.4. The number of benzene rings is 4. The Hall–Kier alpha value is -6.23. The second-order valence-corrected chi connectivity index (χ2v) is 15.8. The Morgan fingerprint density at radius 1 is 0.684 bits per heavy atom. The van der Waals surface area contributed by atoms with Crippen LogP contribution in [0.1, 0.15) is 80.7 Å². The molecule has 0 unspecified atom stereocenters. The third-order valence-corrected chi connectivity index (χ3v) is 12.1. The molecule has 2 heterocycles. The molecular formula is C53H45N3S. The smallest absolute Gasteiger partial charge is 0.164 e. The van der Waals surface area contributed by atoms with Gasteiger partial charge < -0.3 is 0 Å². The third-order valence-electron chi connectivity index (χ3n) is 11.0. The highest BCUT2D eigenvalue weighted by atomic mass is 32.1. The van der Waals surface area contributed by atoms with Crippen molar-refractivity contribution in [3.05, 3.63) is 192 Å². The molecule has 0 N–H and O–H groups in total. The quantitative estimate of drug-likeness (QED) is 0.138. The maximum atomic E-state index is 5.18. The fourth-order valence-corrected chi connectivity index (χ4v) is 9.09. The number of hydrogen-bond acceptors (Lipinski definition) is 4. The average molecular weight is 756 g/mol. The third kappa shape index (κ3) is 7.66. The van der Waals surface area contributed by atoms with E-state index in [1.165, 1.54) is 64.7 Å². The second-order valence-electron chi connectivity index (χ2n) is 14.7. The maximum absolute atomic E-state index is 5.18. The molecule has 3 nitrogen and oxygen atoms in total. The summed E-state index contributed by atoms with van der Waals surface area (Å²) in [5.74, 6) is 2.17. The normalized spacial score (nSPS) is 15.9. The summed E-state index contributed by atoms with van der Waals surface area (Å²) in [7, 11) is 0. The molecule has 6 aromatic rings. The van der Waals surface area contributed by atoms with Crippen molar-refractivity contribution < 1.29 is 0 Å². The van der Waals surface area contributed by atoms with Crippen molar-refractivity contribution in [3.63, 3.8) is 0 Å². The summed E-state index contributed by atoms with van der Waals surface area (Å²) >= 11 is 1.83. The highest BCUT2D eigenvalue weighted by molar-refractivity contribution is 7.26. The first-order chi connectivity index (χ1) is 28.1. The second kappa shape index (κ2) is 16.5. The molecule has 2 aromatic heterocycles. The van der Waals surface area contributed by atoms with Gasteiger partial charge in [0.25, 0.3) is 0 Å². The van der Waals surface area contributed by atoms with Crippen LogP contribution in [0.3, 0.4) is 0 Å². The molecule has 0 aliphatic heterocycles. The molecule has 57 heavy (non-hydrogen) atoms. The molecule has 0 spiro atoms. The molecule has 0 saturated carbocycles. The Balaban J connectivity index is 1.08. The summed E-state index contributed by atoms with van der Waals surface area (Å²) in [5, 5.41) is 2.42. The molecule has 3 aliphatic carbocycles. The standard InChI is InChI=1S/C53H45N3S/c1-3-5-16-36(4-2)37-27-29-38(30-28-37)41-21-13-22-42(33-41)43-23-14-24-44(34-43)45-31-32-48-47(35-45)50-46(25-15-26-49(50)57-48)53-55-51(39-17-9-6-7-10-18-39)54-52(56-53)40-19-11-8-12-20-40/h4-7,9-11,14-17,19-21,23-35H,3,8,12-13,18,22H2,1-2H3/b16-5-,36-4+. The van der Waals surface area contributed by atoms with Crippen LogP contribution in [-0.2, 0) is 0 Å². The Morgan fingerprint density at radius 3 is 2.35 bits per heavy atom. The highest BCUT2D eigenvalue weighted by Gasteiger charge is 2.19. The van der Waals surface area contributed by atoms with E-state index in [0.717, 1.165) is 66.9 Å². The van der Waals surface area contributed by atoms with Crippen LogP contribution in [0.2, 0.25) is 0 Å². The maximum Gasteiger partial charge on any atom is 0.164 e. The van der Waals surface area contributed by atoms with E-state index in [4.69, 9.17) is 15.0 Å². The van der Waals surface area contributed by atoms with Gasteiger partial charge >= 0.3 is 0 Å². The first kappa shape index (κ1) is 36.4. The topological polar surface area (TPSA) is 38.7 Å². The lowest BCUT2D eigenvalue weighted by Crippen LogP contribution is -2.05. The monoisotopic (exact) mass is 755 g/mol. The molecule has 4 aromatic carbocycles. The zero-order chi connectivity index (χ0) is 38.6. The van der Waals surface area contributed by atoms with Gasteiger partial charge in [-0.1, -0.05) is 147 Å². The van der Waals surface area contributed by atoms with Gasteiger partial charge in [-0.2, -0.15) is 0 Å². The van der Waals surface area contributed by atoms with Crippen LogP contribution >= 0.6 is 11.3 Å². The van der Waals surface area contributed by atoms with E-state index in [1.807, 2.05) is 11.3 Å². The molecule has 9 rings (SSSR count). The first-order valence-electron chi connectivity index (χ1n) is 20.2. The summed E-state index contributed by atoms with van der Waals surface area (Å²) in [4.78, 5) is 15.4. The molecule has 278 valence electrons. The Bertz CT molecular complexity index is 2790. The predicted molar refractivity (Wildman–Crippen MR) is 246 cm³/mol. The minimum atomic E-state index is 0.712. The molecule has 3 aliphatic rings. The first-order valence-corrected chi connectivity index (χ1v) is 21.0. The number of allylic oxidation sites excluding steroid dienone is 18. The molecule has 0 saturated heterocycles. The van der Waals surface area contributed by atoms with Gasteiger partial charge in [0.1, 0.15) is 0 Å². The highest BCUT2D eigenvalue weighted by Crippen LogP contribution is 2.42. The van der Waals surface area contributed by atoms with E-state index in [-0.39, 0.29) is 0 Å². The minimum absolute atomic E-state index is 0.712. The summed E-state index contributed by atoms with van der Waals surface area (Å²) in [6, 6.07) is 31.6. The molecule has 0 radical (unpaired) electrons. The van der Waals surface area contributed by atoms with Gasteiger partial charge in [-0.15, -0.1) is 11.3 Å². The van der Waals surface area contributed by atoms with Crippen molar-refractivity contribution >= 4 is 59.4 Å². The lowest BCUT2D eigenvalue weighted by atomic mass is 9.89. The van der Waals surface area contributed by atoms with Crippen molar-refractivity contribution in [3.8, 4) is 22.5 Å². The van der Waals surface area contributed by atoms with Crippen molar-refractivity contribution in [2.45, 2.75) is 52.4 Å². The molecular weight excluding hydrogens is 711 g/mol. The number of aromatic nitrogens is 3. The van der Waals surface area contributed by atoms with Gasteiger partial charge in [0.05, 0.1) is 0 Å². The van der Waals surface area contributed by atoms with Crippen molar-refractivity contribution in [2.75, 3.05) is 0 Å². The number of nitrogens with zero attached hydrogens (tertiary/aromatic N) is 3. The van der Waals surface area contributed by atoms with Gasteiger partial charge in [-0.05, 0) is 114 Å².